The predicted molar refractivity (Wildman–Crippen MR) is 75.4 cm³/mol. The summed E-state index contributed by atoms with van der Waals surface area (Å²) in [7, 11) is 1.56. The van der Waals surface area contributed by atoms with Crippen LogP contribution >= 0.6 is 0 Å². The maximum atomic E-state index is 11.9. The highest BCUT2D eigenvalue weighted by molar-refractivity contribution is 6.00. The summed E-state index contributed by atoms with van der Waals surface area (Å²) in [6, 6.07) is 4.42. The Hall–Kier alpha value is -2.28. The number of primary amides is 1. The molecule has 5 N–H and O–H groups in total. The van der Waals surface area contributed by atoms with Gasteiger partial charge in [0.25, 0.3) is 5.91 Å². The number of benzene rings is 1. The molecule has 2 rings (SSSR count). The van der Waals surface area contributed by atoms with Crippen molar-refractivity contribution in [3.8, 4) is 0 Å². The molecule has 7 nitrogen and oxygen atoms in total. The van der Waals surface area contributed by atoms with Crippen LogP contribution in [0.1, 0.15) is 10.4 Å². The predicted octanol–water partition coefficient (Wildman–Crippen LogP) is -0.681. The maximum absolute atomic E-state index is 11.9. The molecule has 1 aliphatic heterocycles. The molecule has 1 aromatic carbocycles. The molecule has 0 radical (unpaired) electrons. The Morgan fingerprint density at radius 3 is 2.85 bits per heavy atom. The van der Waals surface area contributed by atoms with Crippen LogP contribution in [0.15, 0.2) is 18.2 Å². The third kappa shape index (κ3) is 2.67. The second-order valence-corrected chi connectivity index (χ2v) is 4.54. The number of nitrogen functional groups attached to an aromatic ring is 1. The summed E-state index contributed by atoms with van der Waals surface area (Å²) in [5.41, 5.74) is 12.4. The van der Waals surface area contributed by atoms with Crippen LogP contribution in [0.3, 0.4) is 0 Å². The lowest BCUT2D eigenvalue weighted by molar-refractivity contribution is -0.124. The Morgan fingerprint density at radius 2 is 2.20 bits per heavy atom. The van der Waals surface area contributed by atoms with Crippen molar-refractivity contribution < 1.29 is 14.3 Å². The molecule has 0 saturated carbocycles. The van der Waals surface area contributed by atoms with E-state index in [4.69, 9.17) is 16.2 Å². The number of amides is 2. The van der Waals surface area contributed by atoms with Crippen LogP contribution in [-0.2, 0) is 9.53 Å². The van der Waals surface area contributed by atoms with Gasteiger partial charge in [0.2, 0.25) is 5.91 Å². The molecular weight excluding hydrogens is 260 g/mol. The molecule has 1 saturated heterocycles. The fourth-order valence-corrected chi connectivity index (χ4v) is 2.28. The summed E-state index contributed by atoms with van der Waals surface area (Å²) in [5.74, 6) is -0.744. The molecule has 0 aliphatic carbocycles. The molecule has 1 fully saturated rings. The number of rotatable bonds is 3. The molecule has 20 heavy (non-hydrogen) atoms. The molecule has 1 unspecified atom stereocenters. The van der Waals surface area contributed by atoms with E-state index in [0.29, 0.717) is 30.1 Å². The number of ether oxygens (including phenoxy) is 1. The minimum atomic E-state index is -0.575. The summed E-state index contributed by atoms with van der Waals surface area (Å²) in [4.78, 5) is 25.3. The van der Waals surface area contributed by atoms with Crippen LogP contribution in [-0.4, -0.2) is 44.7 Å². The second kappa shape index (κ2) is 5.79. The zero-order chi connectivity index (χ0) is 14.7. The van der Waals surface area contributed by atoms with Gasteiger partial charge in [-0.2, -0.15) is 0 Å². The minimum absolute atomic E-state index is 0.169. The number of hydrogen-bond donors (Lipinski definition) is 3. The van der Waals surface area contributed by atoms with E-state index in [1.807, 2.05) is 4.90 Å². The smallest absolute Gasteiger partial charge is 0.250 e. The molecule has 2 amide bonds. The van der Waals surface area contributed by atoms with Gasteiger partial charge >= 0.3 is 0 Å². The Labute approximate surface area is 116 Å². The summed E-state index contributed by atoms with van der Waals surface area (Å²) < 4.78 is 5.34. The van der Waals surface area contributed by atoms with Crippen LogP contribution in [0.2, 0.25) is 0 Å². The van der Waals surface area contributed by atoms with Crippen LogP contribution in [0, 0.1) is 0 Å². The van der Waals surface area contributed by atoms with E-state index >= 15 is 0 Å². The number of nitrogens with zero attached hydrogens (tertiary/aromatic N) is 1. The summed E-state index contributed by atoms with van der Waals surface area (Å²) in [6.07, 6.45) is 0. The van der Waals surface area contributed by atoms with Gasteiger partial charge in [-0.3, -0.25) is 9.59 Å². The van der Waals surface area contributed by atoms with Crippen molar-refractivity contribution in [2.75, 3.05) is 37.4 Å². The molecule has 0 spiro atoms. The van der Waals surface area contributed by atoms with Gasteiger partial charge < -0.3 is 26.4 Å². The van der Waals surface area contributed by atoms with Crippen LogP contribution < -0.4 is 21.7 Å². The first-order valence-electron chi connectivity index (χ1n) is 6.30. The van der Waals surface area contributed by atoms with Gasteiger partial charge in [-0.1, -0.05) is 0 Å². The van der Waals surface area contributed by atoms with Gasteiger partial charge in [0.05, 0.1) is 24.5 Å². The van der Waals surface area contributed by atoms with Gasteiger partial charge in [0.15, 0.2) is 0 Å². The minimum Gasteiger partial charge on any atom is -0.399 e. The first-order chi connectivity index (χ1) is 9.54. The molecule has 0 aromatic heterocycles. The third-order valence-electron chi connectivity index (χ3n) is 3.27. The highest BCUT2D eigenvalue weighted by Crippen LogP contribution is 2.26. The van der Waals surface area contributed by atoms with Crippen molar-refractivity contribution in [2.24, 2.45) is 5.73 Å². The van der Waals surface area contributed by atoms with E-state index in [0.717, 1.165) is 0 Å². The van der Waals surface area contributed by atoms with E-state index in [2.05, 4.69) is 5.32 Å². The van der Waals surface area contributed by atoms with Gasteiger partial charge in [0, 0.05) is 19.3 Å². The van der Waals surface area contributed by atoms with Crippen molar-refractivity contribution in [3.63, 3.8) is 0 Å². The molecule has 0 bridgehead atoms. The Balaban J connectivity index is 2.42. The number of hydrogen-bond acceptors (Lipinski definition) is 5. The van der Waals surface area contributed by atoms with Gasteiger partial charge in [-0.25, -0.2) is 0 Å². The van der Waals surface area contributed by atoms with E-state index in [1.165, 1.54) is 6.07 Å². The van der Waals surface area contributed by atoms with Crippen molar-refractivity contribution in [3.05, 3.63) is 23.8 Å². The van der Waals surface area contributed by atoms with E-state index in [-0.39, 0.29) is 12.5 Å². The van der Waals surface area contributed by atoms with Crippen LogP contribution in [0.25, 0.3) is 0 Å². The highest BCUT2D eigenvalue weighted by Gasteiger charge is 2.30. The lowest BCUT2D eigenvalue weighted by Crippen LogP contribution is -2.53. The number of likely N-dealkylation sites (N-methyl/N-ethyl adjacent to an activating group) is 1. The summed E-state index contributed by atoms with van der Waals surface area (Å²) in [6.45, 7) is 1.25. The highest BCUT2D eigenvalue weighted by atomic mass is 16.5. The standard InChI is InChI=1S/C13H18N4O3/c1-16-13(19)11-7-20-5-4-17(11)10-3-2-8(14)6-9(10)12(15)18/h2-3,6,11H,4-5,7,14H2,1H3,(H2,15,18)(H,16,19). The first kappa shape index (κ1) is 14.1. The molecule has 1 aromatic rings. The van der Waals surface area contributed by atoms with Crippen LogP contribution in [0.5, 0.6) is 0 Å². The fraction of sp³-hybridized carbons (Fsp3) is 0.385. The van der Waals surface area contributed by atoms with E-state index < -0.39 is 11.9 Å². The molecule has 1 aliphatic rings. The second-order valence-electron chi connectivity index (χ2n) is 4.54. The average molecular weight is 278 g/mol. The van der Waals surface area contributed by atoms with Gasteiger partial charge in [0.1, 0.15) is 6.04 Å². The fourth-order valence-electron chi connectivity index (χ4n) is 2.28. The number of morpholine rings is 1. The molecular formula is C13H18N4O3. The Bertz CT molecular complexity index is 532. The normalized spacial score (nSPS) is 18.6. The van der Waals surface area contributed by atoms with Crippen molar-refractivity contribution in [1.82, 2.24) is 5.32 Å². The SMILES string of the molecule is CNC(=O)C1COCCN1c1ccc(N)cc1C(N)=O. The number of anilines is 2. The molecule has 1 heterocycles. The van der Waals surface area contributed by atoms with Crippen LogP contribution in [0.4, 0.5) is 11.4 Å². The average Bonchev–Trinajstić information content (AvgIpc) is 2.46. The lowest BCUT2D eigenvalue weighted by Gasteiger charge is -2.36. The summed E-state index contributed by atoms with van der Waals surface area (Å²) >= 11 is 0. The van der Waals surface area contributed by atoms with E-state index in [9.17, 15) is 9.59 Å². The van der Waals surface area contributed by atoms with Crippen molar-refractivity contribution in [1.29, 1.82) is 0 Å². The number of nitrogens with two attached hydrogens (primary N) is 2. The molecule has 108 valence electrons. The maximum Gasteiger partial charge on any atom is 0.250 e. The zero-order valence-electron chi connectivity index (χ0n) is 11.3. The lowest BCUT2D eigenvalue weighted by atomic mass is 10.1. The van der Waals surface area contributed by atoms with Crippen molar-refractivity contribution >= 4 is 23.2 Å². The van der Waals surface area contributed by atoms with Gasteiger partial charge in [-0.15, -0.1) is 0 Å². The molecule has 7 heteroatoms. The largest absolute Gasteiger partial charge is 0.399 e. The number of nitrogens with one attached hydrogen (secondary N) is 1. The topological polar surface area (TPSA) is 111 Å². The molecule has 1 atom stereocenters. The van der Waals surface area contributed by atoms with Crippen molar-refractivity contribution in [2.45, 2.75) is 6.04 Å². The zero-order valence-corrected chi connectivity index (χ0v) is 11.3. The Kier molecular flexibility index (Phi) is 4.09. The first-order valence-corrected chi connectivity index (χ1v) is 6.30. The third-order valence-corrected chi connectivity index (χ3v) is 3.27. The summed E-state index contributed by atoms with van der Waals surface area (Å²) in [5, 5.41) is 2.59. The quantitative estimate of drug-likeness (QED) is 0.634. The number of carbonyl (C=O) groups excluding carboxylic acids is 2. The number of carbonyl (C=O) groups is 2. The Morgan fingerprint density at radius 1 is 1.45 bits per heavy atom. The van der Waals surface area contributed by atoms with Gasteiger partial charge in [-0.05, 0) is 18.2 Å². The van der Waals surface area contributed by atoms with E-state index in [1.54, 1.807) is 19.2 Å². The monoisotopic (exact) mass is 278 g/mol.